The minimum Gasteiger partial charge on any atom is -0.366 e. The molecular formula is C20H24F3N5. The molecule has 5 nitrogen and oxygen atoms in total. The Labute approximate surface area is 162 Å². The molecule has 1 aromatic heterocycles. The number of fused-ring (bicyclic) bond motifs is 3. The number of likely N-dealkylation sites (N-methyl/N-ethyl adjacent to an activating group) is 1. The van der Waals surface area contributed by atoms with Gasteiger partial charge in [-0.15, -0.1) is 10.2 Å². The highest BCUT2D eigenvalue weighted by atomic mass is 19.4. The molecular weight excluding hydrogens is 367 g/mol. The highest BCUT2D eigenvalue weighted by Crippen LogP contribution is 2.39. The van der Waals surface area contributed by atoms with E-state index in [1.54, 1.807) is 11.5 Å². The van der Waals surface area contributed by atoms with E-state index in [4.69, 9.17) is 0 Å². The summed E-state index contributed by atoms with van der Waals surface area (Å²) in [6.45, 7) is 7.41. The van der Waals surface area contributed by atoms with Gasteiger partial charge in [0.1, 0.15) is 6.33 Å². The van der Waals surface area contributed by atoms with E-state index in [1.807, 2.05) is 0 Å². The van der Waals surface area contributed by atoms with Gasteiger partial charge in [0.2, 0.25) is 0 Å². The topological polar surface area (TPSA) is 37.2 Å². The van der Waals surface area contributed by atoms with Gasteiger partial charge in [0.25, 0.3) is 0 Å². The average Bonchev–Trinajstić information content (AvgIpc) is 3.09. The Morgan fingerprint density at radius 2 is 1.82 bits per heavy atom. The molecule has 0 radical (unpaired) electrons. The van der Waals surface area contributed by atoms with Gasteiger partial charge in [-0.3, -0.25) is 4.57 Å². The summed E-state index contributed by atoms with van der Waals surface area (Å²) in [7, 11) is 2.09. The zero-order chi connectivity index (χ0) is 20.1. The number of alkyl halides is 3. The molecule has 0 aliphatic carbocycles. The Balaban J connectivity index is 1.86. The van der Waals surface area contributed by atoms with Crippen molar-refractivity contribution >= 4 is 5.70 Å². The van der Waals surface area contributed by atoms with Crippen molar-refractivity contribution in [3.05, 3.63) is 47.1 Å². The van der Waals surface area contributed by atoms with E-state index in [2.05, 4.69) is 40.0 Å². The van der Waals surface area contributed by atoms with E-state index in [0.29, 0.717) is 17.1 Å². The first kappa shape index (κ1) is 19.0. The Morgan fingerprint density at radius 1 is 1.11 bits per heavy atom. The lowest BCUT2D eigenvalue weighted by atomic mass is 9.89. The average molecular weight is 391 g/mol. The fraction of sp³-hybridized carbons (Fsp3) is 0.500. The number of benzene rings is 1. The van der Waals surface area contributed by atoms with Crippen LogP contribution in [0.4, 0.5) is 13.2 Å². The molecule has 0 N–H and O–H groups in total. The number of hydrogen-bond acceptors (Lipinski definition) is 4. The van der Waals surface area contributed by atoms with Crippen LogP contribution in [0.3, 0.4) is 0 Å². The van der Waals surface area contributed by atoms with Crippen LogP contribution in [0.1, 0.15) is 41.8 Å². The van der Waals surface area contributed by atoms with Crippen molar-refractivity contribution in [1.29, 1.82) is 0 Å². The van der Waals surface area contributed by atoms with Gasteiger partial charge in [0.05, 0.1) is 16.9 Å². The van der Waals surface area contributed by atoms with Crippen molar-refractivity contribution in [3.8, 4) is 5.69 Å². The van der Waals surface area contributed by atoms with Gasteiger partial charge in [0, 0.05) is 26.2 Å². The first-order valence-electron chi connectivity index (χ1n) is 9.52. The van der Waals surface area contributed by atoms with E-state index in [-0.39, 0.29) is 5.92 Å². The molecule has 150 valence electrons. The van der Waals surface area contributed by atoms with Gasteiger partial charge in [-0.05, 0) is 49.6 Å². The van der Waals surface area contributed by atoms with Crippen LogP contribution in [-0.4, -0.2) is 57.8 Å². The molecule has 2 aromatic rings. The Kier molecular flexibility index (Phi) is 4.69. The third-order valence-corrected chi connectivity index (χ3v) is 5.73. The number of aryl methyl sites for hydroxylation is 1. The fourth-order valence-electron chi connectivity index (χ4n) is 4.19. The number of rotatable bonds is 1. The number of piperazine rings is 1. The highest BCUT2D eigenvalue weighted by molar-refractivity contribution is 5.64. The van der Waals surface area contributed by atoms with Crippen LogP contribution in [0.25, 0.3) is 11.4 Å². The molecule has 0 spiro atoms. The summed E-state index contributed by atoms with van der Waals surface area (Å²) < 4.78 is 42.1. The van der Waals surface area contributed by atoms with E-state index in [1.165, 1.54) is 18.5 Å². The Morgan fingerprint density at radius 3 is 2.50 bits per heavy atom. The molecule has 28 heavy (non-hydrogen) atoms. The van der Waals surface area contributed by atoms with E-state index in [9.17, 15) is 13.2 Å². The SMILES string of the molecule is Cc1cc(C(F)(F)F)cc2c1C(C)CC=C(N1CCN(C)CC1)c1nncn1-2. The Hall–Kier alpha value is -2.35. The summed E-state index contributed by atoms with van der Waals surface area (Å²) in [5.41, 5.74) is 2.41. The highest BCUT2D eigenvalue weighted by Gasteiger charge is 2.34. The van der Waals surface area contributed by atoms with Gasteiger partial charge in [0.15, 0.2) is 5.82 Å². The minimum absolute atomic E-state index is 0.0929. The third kappa shape index (κ3) is 3.30. The van der Waals surface area contributed by atoms with Crippen molar-refractivity contribution in [1.82, 2.24) is 24.6 Å². The molecule has 2 aliphatic rings. The smallest absolute Gasteiger partial charge is 0.366 e. The summed E-state index contributed by atoms with van der Waals surface area (Å²) >= 11 is 0. The first-order valence-corrected chi connectivity index (χ1v) is 9.52. The maximum atomic E-state index is 13.5. The summed E-state index contributed by atoms with van der Waals surface area (Å²) in [5, 5.41) is 8.33. The predicted molar refractivity (Wildman–Crippen MR) is 101 cm³/mol. The maximum absolute atomic E-state index is 13.5. The third-order valence-electron chi connectivity index (χ3n) is 5.73. The minimum atomic E-state index is -4.39. The second kappa shape index (κ2) is 6.92. The first-order chi connectivity index (χ1) is 13.3. The molecule has 3 heterocycles. The lowest BCUT2D eigenvalue weighted by Crippen LogP contribution is -2.43. The molecule has 1 unspecified atom stereocenters. The van der Waals surface area contributed by atoms with Crippen molar-refractivity contribution in [3.63, 3.8) is 0 Å². The zero-order valence-corrected chi connectivity index (χ0v) is 16.3. The standard InChI is InChI=1S/C20H24F3N5/c1-13-4-5-16(27-8-6-26(3)7-9-27)19-25-24-12-28(19)17-11-15(20(21,22)23)10-14(2)18(13)17/h5,10-13H,4,6-9H2,1-3H3. The van der Waals surface area contributed by atoms with Crippen molar-refractivity contribution in [2.45, 2.75) is 32.4 Å². The Bertz CT molecular complexity index is 907. The second-order valence-corrected chi connectivity index (χ2v) is 7.76. The van der Waals surface area contributed by atoms with Crippen molar-refractivity contribution in [2.24, 2.45) is 0 Å². The zero-order valence-electron chi connectivity index (χ0n) is 16.3. The number of allylic oxidation sites excluding steroid dienone is 1. The van der Waals surface area contributed by atoms with Crippen LogP contribution in [0.15, 0.2) is 24.5 Å². The second-order valence-electron chi connectivity index (χ2n) is 7.76. The number of hydrogen-bond donors (Lipinski definition) is 0. The maximum Gasteiger partial charge on any atom is 0.416 e. The molecule has 4 rings (SSSR count). The number of nitrogens with zero attached hydrogens (tertiary/aromatic N) is 5. The lowest BCUT2D eigenvalue weighted by molar-refractivity contribution is -0.137. The molecule has 1 fully saturated rings. The van der Waals surface area contributed by atoms with E-state index >= 15 is 0 Å². The molecule has 1 aromatic carbocycles. The van der Waals surface area contributed by atoms with Crippen molar-refractivity contribution in [2.75, 3.05) is 33.2 Å². The number of halogens is 3. The fourth-order valence-corrected chi connectivity index (χ4v) is 4.19. The molecule has 0 bridgehead atoms. The van der Waals surface area contributed by atoms with E-state index < -0.39 is 11.7 Å². The van der Waals surface area contributed by atoms with Crippen LogP contribution in [0.2, 0.25) is 0 Å². The largest absolute Gasteiger partial charge is 0.416 e. The van der Waals surface area contributed by atoms with Gasteiger partial charge in [-0.25, -0.2) is 0 Å². The summed E-state index contributed by atoms with van der Waals surface area (Å²) in [6.07, 6.45) is 0.0374. The number of aromatic nitrogens is 3. The summed E-state index contributed by atoms with van der Waals surface area (Å²) in [5.74, 6) is 0.701. The summed E-state index contributed by atoms with van der Waals surface area (Å²) in [4.78, 5) is 4.53. The molecule has 1 atom stereocenters. The quantitative estimate of drug-likeness (QED) is 0.743. The van der Waals surface area contributed by atoms with Gasteiger partial charge in [-0.1, -0.05) is 13.0 Å². The monoisotopic (exact) mass is 391 g/mol. The van der Waals surface area contributed by atoms with Crippen LogP contribution in [-0.2, 0) is 6.18 Å². The van der Waals surface area contributed by atoms with Crippen LogP contribution in [0.5, 0.6) is 0 Å². The van der Waals surface area contributed by atoms with Crippen LogP contribution in [0, 0.1) is 6.92 Å². The van der Waals surface area contributed by atoms with Crippen LogP contribution < -0.4 is 0 Å². The molecule has 0 amide bonds. The molecule has 0 saturated carbocycles. The van der Waals surface area contributed by atoms with E-state index in [0.717, 1.165) is 43.9 Å². The van der Waals surface area contributed by atoms with Gasteiger partial charge in [-0.2, -0.15) is 13.2 Å². The van der Waals surface area contributed by atoms with Gasteiger partial charge < -0.3 is 9.80 Å². The molecule has 8 heteroatoms. The molecule has 2 aliphatic heterocycles. The van der Waals surface area contributed by atoms with Crippen molar-refractivity contribution < 1.29 is 13.2 Å². The predicted octanol–water partition coefficient (Wildman–Crippen LogP) is 3.69. The molecule has 1 saturated heterocycles. The normalized spacial score (nSPS) is 20.9. The lowest BCUT2D eigenvalue weighted by Gasteiger charge is -2.36. The van der Waals surface area contributed by atoms with Gasteiger partial charge >= 0.3 is 6.18 Å². The van der Waals surface area contributed by atoms with Crippen LogP contribution >= 0.6 is 0 Å². The summed E-state index contributed by atoms with van der Waals surface area (Å²) in [6, 6.07) is 2.48.